The lowest BCUT2D eigenvalue weighted by Crippen LogP contribution is -2.02. The van der Waals surface area contributed by atoms with Crippen LogP contribution in [0.5, 0.6) is 0 Å². The van der Waals surface area contributed by atoms with E-state index in [4.69, 9.17) is 5.73 Å². The fraction of sp³-hybridized carbons (Fsp3) is 0.400. The van der Waals surface area contributed by atoms with Gasteiger partial charge >= 0.3 is 0 Å². The number of nitrogens with two attached hydrogens (primary N) is 1. The molecule has 1 aromatic carbocycles. The van der Waals surface area contributed by atoms with E-state index in [1.165, 1.54) is 12.1 Å². The summed E-state index contributed by atoms with van der Waals surface area (Å²) in [5.41, 5.74) is 5.87. The number of hydrogen-bond acceptors (Lipinski definition) is 2. The molecule has 0 bridgehead atoms. The average molecular weight is 217 g/mol. The van der Waals surface area contributed by atoms with E-state index in [0.717, 1.165) is 18.2 Å². The second-order valence-corrected chi connectivity index (χ2v) is 3.76. The van der Waals surface area contributed by atoms with Gasteiger partial charge in [-0.3, -0.25) is 0 Å². The van der Waals surface area contributed by atoms with E-state index in [1.807, 2.05) is 0 Å². The van der Waals surface area contributed by atoms with E-state index >= 15 is 0 Å². The van der Waals surface area contributed by atoms with Gasteiger partial charge in [-0.15, -0.1) is 11.8 Å². The Kier molecular flexibility index (Phi) is 4.35. The smallest absolute Gasteiger partial charge is 0.142 e. The summed E-state index contributed by atoms with van der Waals surface area (Å²) in [7, 11) is 0. The Bertz CT molecular complexity index is 315. The Morgan fingerprint density at radius 3 is 2.64 bits per heavy atom. The standard InChI is InChI=1S/C10H13F2NS/c1-14-10-8(11)5-4-7(9(10)12)3-2-6-13/h4-5H,2-3,6,13H2,1H3. The first-order valence-electron chi connectivity index (χ1n) is 4.41. The summed E-state index contributed by atoms with van der Waals surface area (Å²) in [4.78, 5) is 0.0968. The van der Waals surface area contributed by atoms with Crippen LogP contribution in [0.4, 0.5) is 8.78 Å². The topological polar surface area (TPSA) is 26.0 Å². The van der Waals surface area contributed by atoms with E-state index in [9.17, 15) is 8.78 Å². The molecule has 0 aliphatic carbocycles. The monoisotopic (exact) mass is 217 g/mol. The molecule has 78 valence electrons. The van der Waals surface area contributed by atoms with Gasteiger partial charge < -0.3 is 5.73 Å². The third-order valence-corrected chi connectivity index (χ3v) is 2.77. The third kappa shape index (κ3) is 2.45. The third-order valence-electron chi connectivity index (χ3n) is 1.98. The zero-order valence-electron chi connectivity index (χ0n) is 8.02. The Hall–Kier alpha value is -0.610. The van der Waals surface area contributed by atoms with Gasteiger partial charge in [-0.1, -0.05) is 6.07 Å². The summed E-state index contributed by atoms with van der Waals surface area (Å²) < 4.78 is 26.6. The summed E-state index contributed by atoms with van der Waals surface area (Å²) in [5.74, 6) is -0.933. The summed E-state index contributed by atoms with van der Waals surface area (Å²) in [5, 5.41) is 0. The molecule has 0 saturated carbocycles. The summed E-state index contributed by atoms with van der Waals surface area (Å²) in [6.07, 6.45) is 2.95. The molecule has 2 N–H and O–H groups in total. The molecule has 1 rings (SSSR count). The maximum Gasteiger partial charge on any atom is 0.142 e. The van der Waals surface area contributed by atoms with E-state index in [0.29, 0.717) is 18.5 Å². The number of hydrogen-bond donors (Lipinski definition) is 1. The minimum absolute atomic E-state index is 0.0968. The molecule has 0 heterocycles. The van der Waals surface area contributed by atoms with E-state index in [2.05, 4.69) is 0 Å². The number of benzene rings is 1. The molecule has 0 unspecified atom stereocenters. The van der Waals surface area contributed by atoms with Gasteiger partial charge in [0.2, 0.25) is 0 Å². The summed E-state index contributed by atoms with van der Waals surface area (Å²) in [6, 6.07) is 2.79. The molecule has 0 saturated heterocycles. The van der Waals surface area contributed by atoms with Crippen LogP contribution < -0.4 is 5.73 Å². The molecule has 1 nitrogen and oxygen atoms in total. The van der Waals surface area contributed by atoms with Crippen LogP contribution in [-0.4, -0.2) is 12.8 Å². The van der Waals surface area contributed by atoms with E-state index in [-0.39, 0.29) is 4.90 Å². The molecular weight excluding hydrogens is 204 g/mol. The van der Waals surface area contributed by atoms with Crippen LogP contribution in [0, 0.1) is 11.6 Å². The lowest BCUT2D eigenvalue weighted by Gasteiger charge is -2.06. The van der Waals surface area contributed by atoms with Crippen molar-refractivity contribution in [3.8, 4) is 0 Å². The Balaban J connectivity index is 2.96. The van der Waals surface area contributed by atoms with Crippen molar-refractivity contribution < 1.29 is 8.78 Å². The van der Waals surface area contributed by atoms with Gasteiger partial charge in [0.05, 0.1) is 4.90 Å². The Morgan fingerprint density at radius 2 is 2.07 bits per heavy atom. The highest BCUT2D eigenvalue weighted by molar-refractivity contribution is 7.98. The Morgan fingerprint density at radius 1 is 1.36 bits per heavy atom. The molecule has 0 atom stereocenters. The predicted octanol–water partition coefficient (Wildman–Crippen LogP) is 2.58. The second kappa shape index (κ2) is 5.32. The molecule has 0 aliphatic rings. The van der Waals surface area contributed by atoms with Gasteiger partial charge in [0, 0.05) is 0 Å². The quantitative estimate of drug-likeness (QED) is 0.784. The average Bonchev–Trinajstić information content (AvgIpc) is 2.18. The zero-order chi connectivity index (χ0) is 10.6. The number of thioether (sulfide) groups is 1. The van der Waals surface area contributed by atoms with Crippen molar-refractivity contribution >= 4 is 11.8 Å². The molecule has 1 aromatic rings. The van der Waals surface area contributed by atoms with Crippen molar-refractivity contribution in [3.05, 3.63) is 29.3 Å². The SMILES string of the molecule is CSc1c(F)ccc(CCCN)c1F. The molecule has 0 fully saturated rings. The van der Waals surface area contributed by atoms with Crippen molar-refractivity contribution in [3.63, 3.8) is 0 Å². The van der Waals surface area contributed by atoms with Gasteiger partial charge in [-0.05, 0) is 37.3 Å². The number of halogens is 2. The van der Waals surface area contributed by atoms with Crippen LogP contribution in [0.15, 0.2) is 17.0 Å². The lowest BCUT2D eigenvalue weighted by molar-refractivity contribution is 0.528. The number of aryl methyl sites for hydroxylation is 1. The van der Waals surface area contributed by atoms with E-state index in [1.54, 1.807) is 6.26 Å². The highest BCUT2D eigenvalue weighted by Crippen LogP contribution is 2.25. The lowest BCUT2D eigenvalue weighted by atomic mass is 10.1. The Labute approximate surface area is 86.7 Å². The molecule has 0 spiro atoms. The first-order valence-corrected chi connectivity index (χ1v) is 5.64. The van der Waals surface area contributed by atoms with Crippen molar-refractivity contribution in [2.24, 2.45) is 5.73 Å². The van der Waals surface area contributed by atoms with Crippen molar-refractivity contribution in [2.75, 3.05) is 12.8 Å². The molecule has 14 heavy (non-hydrogen) atoms. The second-order valence-electron chi connectivity index (χ2n) is 2.95. The van der Waals surface area contributed by atoms with Crippen molar-refractivity contribution in [1.82, 2.24) is 0 Å². The minimum atomic E-state index is -0.494. The van der Waals surface area contributed by atoms with Crippen LogP contribution in [0.3, 0.4) is 0 Å². The van der Waals surface area contributed by atoms with Gasteiger partial charge in [-0.2, -0.15) is 0 Å². The normalized spacial score (nSPS) is 10.6. The van der Waals surface area contributed by atoms with Gasteiger partial charge in [0.1, 0.15) is 11.6 Å². The van der Waals surface area contributed by atoms with Crippen LogP contribution in [0.2, 0.25) is 0 Å². The van der Waals surface area contributed by atoms with Crippen molar-refractivity contribution in [1.29, 1.82) is 0 Å². The largest absolute Gasteiger partial charge is 0.330 e. The zero-order valence-corrected chi connectivity index (χ0v) is 8.83. The number of rotatable bonds is 4. The van der Waals surface area contributed by atoms with Crippen LogP contribution in [-0.2, 0) is 6.42 Å². The molecule has 0 aromatic heterocycles. The van der Waals surface area contributed by atoms with Gasteiger partial charge in [0.25, 0.3) is 0 Å². The summed E-state index contributed by atoms with van der Waals surface area (Å²) in [6.45, 7) is 0.519. The van der Waals surface area contributed by atoms with Crippen molar-refractivity contribution in [2.45, 2.75) is 17.7 Å². The minimum Gasteiger partial charge on any atom is -0.330 e. The molecule has 0 amide bonds. The maximum absolute atomic E-state index is 13.6. The van der Waals surface area contributed by atoms with Gasteiger partial charge in [0.15, 0.2) is 0 Å². The van der Waals surface area contributed by atoms with E-state index < -0.39 is 11.6 Å². The van der Waals surface area contributed by atoms with Gasteiger partial charge in [-0.25, -0.2) is 8.78 Å². The maximum atomic E-state index is 13.6. The van der Waals surface area contributed by atoms with Crippen LogP contribution >= 0.6 is 11.8 Å². The van der Waals surface area contributed by atoms with Crippen LogP contribution in [0.25, 0.3) is 0 Å². The van der Waals surface area contributed by atoms with Crippen LogP contribution in [0.1, 0.15) is 12.0 Å². The molecular formula is C10H13F2NS. The fourth-order valence-corrected chi connectivity index (χ4v) is 1.82. The highest BCUT2D eigenvalue weighted by Gasteiger charge is 2.11. The predicted molar refractivity (Wildman–Crippen MR) is 55.5 cm³/mol. The highest BCUT2D eigenvalue weighted by atomic mass is 32.2. The molecule has 0 aliphatic heterocycles. The summed E-state index contributed by atoms with van der Waals surface area (Å²) >= 11 is 1.09. The molecule has 0 radical (unpaired) electrons. The first-order chi connectivity index (χ1) is 6.70. The fourth-order valence-electron chi connectivity index (χ4n) is 1.25. The molecule has 4 heteroatoms. The first kappa shape index (κ1) is 11.5.